The molecular weight excluding hydrogens is 575 g/mol. The van der Waals surface area contributed by atoms with Gasteiger partial charge in [-0.15, -0.1) is 0 Å². The second-order valence-corrected chi connectivity index (χ2v) is 15.4. The largest absolute Gasteiger partial charge is 0.756 e. The van der Waals surface area contributed by atoms with Gasteiger partial charge in [-0.05, 0) is 12.8 Å². The van der Waals surface area contributed by atoms with Gasteiger partial charge >= 0.3 is 0 Å². The van der Waals surface area contributed by atoms with Crippen LogP contribution >= 0.6 is 7.82 Å². The Morgan fingerprint density at radius 1 is 0.705 bits per heavy atom. The number of aliphatic hydroxyl groups excluding tert-OH is 1. The molecule has 0 bridgehead atoms. The molecule has 2 N–H and O–H groups in total. The molecule has 0 radical (unpaired) electrons. The van der Waals surface area contributed by atoms with Gasteiger partial charge in [0.15, 0.2) is 0 Å². The molecule has 0 saturated heterocycles. The lowest BCUT2D eigenvalue weighted by atomic mass is 10.0. The number of nitrogens with one attached hydrogen (secondary N) is 1. The average molecular weight is 649 g/mol. The van der Waals surface area contributed by atoms with Gasteiger partial charge in [-0.3, -0.25) is 9.36 Å². The van der Waals surface area contributed by atoms with Crippen LogP contribution in [-0.4, -0.2) is 68.5 Å². The first-order chi connectivity index (χ1) is 21.0. The maximum Gasteiger partial charge on any atom is 0.268 e. The topological polar surface area (TPSA) is 108 Å². The number of phosphoric acid groups is 1. The number of phosphoric ester groups is 1. The number of likely N-dealkylation sites (N-methyl/N-ethyl adjacent to an activating group) is 1. The van der Waals surface area contributed by atoms with Crippen LogP contribution in [0.25, 0.3) is 0 Å². The number of carbonyl (C=O) groups excluding carboxylic acids is 1. The van der Waals surface area contributed by atoms with E-state index < -0.39 is 20.0 Å². The van der Waals surface area contributed by atoms with Crippen LogP contribution in [0.15, 0.2) is 0 Å². The lowest BCUT2D eigenvalue weighted by Gasteiger charge is -2.30. The van der Waals surface area contributed by atoms with E-state index in [9.17, 15) is 19.4 Å². The van der Waals surface area contributed by atoms with Crippen molar-refractivity contribution in [1.29, 1.82) is 0 Å². The number of aliphatic hydroxyl groups is 1. The number of carbonyl (C=O) groups is 1. The number of rotatable bonds is 33. The molecule has 0 aromatic rings. The molecule has 1 amide bonds. The zero-order chi connectivity index (χ0) is 32.9. The third kappa shape index (κ3) is 30.2. The lowest BCUT2D eigenvalue weighted by molar-refractivity contribution is -0.870. The minimum Gasteiger partial charge on any atom is -0.756 e. The Balaban J connectivity index is 4.47. The fraction of sp³-hybridized carbons (Fsp3) is 0.971. The molecule has 0 aliphatic carbocycles. The monoisotopic (exact) mass is 649 g/mol. The fourth-order valence-electron chi connectivity index (χ4n) is 5.33. The van der Waals surface area contributed by atoms with Crippen LogP contribution in [0.1, 0.15) is 168 Å². The molecular formula is C35H73N2O6P. The van der Waals surface area contributed by atoms with Crippen LogP contribution in [0.5, 0.6) is 0 Å². The molecule has 0 saturated carbocycles. The number of nitrogens with zero attached hydrogens (tertiary/aromatic N) is 1. The van der Waals surface area contributed by atoms with Crippen molar-refractivity contribution in [3.63, 3.8) is 0 Å². The Morgan fingerprint density at radius 2 is 1.11 bits per heavy atom. The summed E-state index contributed by atoms with van der Waals surface area (Å²) in [5.74, 6) is -0.167. The zero-order valence-corrected chi connectivity index (χ0v) is 30.5. The predicted molar refractivity (Wildman–Crippen MR) is 183 cm³/mol. The van der Waals surface area contributed by atoms with Gasteiger partial charge in [-0.2, -0.15) is 0 Å². The summed E-state index contributed by atoms with van der Waals surface area (Å²) in [6.45, 7) is 4.68. The maximum atomic E-state index is 12.7. The first kappa shape index (κ1) is 43.5. The van der Waals surface area contributed by atoms with E-state index in [0.717, 1.165) is 38.5 Å². The van der Waals surface area contributed by atoms with Crippen LogP contribution in [0.2, 0.25) is 0 Å². The van der Waals surface area contributed by atoms with E-state index >= 15 is 0 Å². The Bertz CT molecular complexity index is 703. The van der Waals surface area contributed by atoms with Gasteiger partial charge in [-0.25, -0.2) is 0 Å². The normalized spacial score (nSPS) is 14.8. The number of amides is 1. The summed E-state index contributed by atoms with van der Waals surface area (Å²) in [4.78, 5) is 25.1. The molecule has 0 aliphatic rings. The minimum absolute atomic E-state index is 0.0153. The summed E-state index contributed by atoms with van der Waals surface area (Å²) in [6.07, 6.45) is 26.7. The summed E-state index contributed by atoms with van der Waals surface area (Å²) in [7, 11) is 1.31. The van der Waals surface area contributed by atoms with Gasteiger partial charge in [0.25, 0.3) is 7.82 Å². The quantitative estimate of drug-likeness (QED) is 0.0420. The van der Waals surface area contributed by atoms with E-state index in [2.05, 4.69) is 19.2 Å². The Kier molecular flexibility index (Phi) is 28.4. The average Bonchev–Trinajstić information content (AvgIpc) is 2.95. The summed E-state index contributed by atoms with van der Waals surface area (Å²) < 4.78 is 23.1. The van der Waals surface area contributed by atoms with Crippen molar-refractivity contribution in [2.75, 3.05) is 40.9 Å². The van der Waals surface area contributed by atoms with Gasteiger partial charge in [0.1, 0.15) is 13.2 Å². The van der Waals surface area contributed by atoms with E-state index in [1.165, 1.54) is 103 Å². The summed E-state index contributed by atoms with van der Waals surface area (Å²) in [6, 6.07) is -0.789. The molecule has 0 aromatic carbocycles. The van der Waals surface area contributed by atoms with E-state index in [0.29, 0.717) is 23.9 Å². The van der Waals surface area contributed by atoms with Crippen LogP contribution in [0, 0.1) is 0 Å². The number of quaternary nitrogens is 1. The molecule has 3 unspecified atom stereocenters. The SMILES string of the molecule is CCCCCCCCCCCCCCC(=O)NC(COP(=O)([O-])OCC[N+](C)(C)C)C(O)CCCCCCCCCCCC. The standard InChI is InChI=1S/C35H73N2O6P/c1-6-8-10-12-14-16-18-19-21-23-25-27-29-35(39)36-33(32-43-44(40,41)42-31-30-37(3,4)5)34(38)28-26-24-22-20-17-15-13-11-9-7-2/h33-34,38H,6-32H2,1-5H3,(H-,36,39,40,41). The van der Waals surface area contributed by atoms with Crippen LogP contribution in [0.4, 0.5) is 0 Å². The van der Waals surface area contributed by atoms with E-state index in [1.807, 2.05) is 21.1 Å². The van der Waals surface area contributed by atoms with E-state index in [4.69, 9.17) is 9.05 Å². The Labute approximate surface area is 272 Å². The second kappa shape index (κ2) is 28.7. The summed E-state index contributed by atoms with van der Waals surface area (Å²) in [5.41, 5.74) is 0. The van der Waals surface area contributed by atoms with Crippen molar-refractivity contribution in [2.24, 2.45) is 0 Å². The smallest absolute Gasteiger partial charge is 0.268 e. The van der Waals surface area contributed by atoms with Crippen molar-refractivity contribution in [3.05, 3.63) is 0 Å². The Hall–Kier alpha value is -0.500. The van der Waals surface area contributed by atoms with Crippen LogP contribution in [0.3, 0.4) is 0 Å². The number of hydrogen-bond donors (Lipinski definition) is 2. The minimum atomic E-state index is -4.54. The van der Waals surface area contributed by atoms with Crippen molar-refractivity contribution in [2.45, 2.75) is 180 Å². The number of unbranched alkanes of at least 4 members (excludes halogenated alkanes) is 20. The van der Waals surface area contributed by atoms with E-state index in [1.54, 1.807) is 0 Å². The summed E-state index contributed by atoms with van der Waals surface area (Å²) in [5, 5.41) is 13.8. The third-order valence-corrected chi connectivity index (χ3v) is 9.31. The molecule has 0 aliphatic heterocycles. The Morgan fingerprint density at radius 3 is 1.55 bits per heavy atom. The summed E-state index contributed by atoms with van der Waals surface area (Å²) >= 11 is 0. The van der Waals surface area contributed by atoms with Gasteiger partial charge < -0.3 is 28.8 Å². The van der Waals surface area contributed by atoms with Crippen molar-refractivity contribution in [3.8, 4) is 0 Å². The van der Waals surface area contributed by atoms with Gasteiger partial charge in [0.05, 0.1) is 39.9 Å². The second-order valence-electron chi connectivity index (χ2n) is 13.9. The van der Waals surface area contributed by atoms with Gasteiger partial charge in [-0.1, -0.05) is 149 Å². The van der Waals surface area contributed by atoms with Gasteiger partial charge in [0.2, 0.25) is 5.91 Å². The number of hydrogen-bond acceptors (Lipinski definition) is 6. The maximum absolute atomic E-state index is 12.7. The molecule has 9 heteroatoms. The highest BCUT2D eigenvalue weighted by Crippen LogP contribution is 2.38. The highest BCUT2D eigenvalue weighted by molar-refractivity contribution is 7.45. The van der Waals surface area contributed by atoms with E-state index in [-0.39, 0.29) is 19.1 Å². The lowest BCUT2D eigenvalue weighted by Crippen LogP contribution is -2.46. The molecule has 0 aromatic heterocycles. The molecule has 0 heterocycles. The molecule has 264 valence electrons. The molecule has 0 fully saturated rings. The third-order valence-electron chi connectivity index (χ3n) is 8.35. The molecule has 44 heavy (non-hydrogen) atoms. The van der Waals surface area contributed by atoms with Crippen molar-refractivity contribution in [1.82, 2.24) is 5.32 Å². The van der Waals surface area contributed by atoms with Crippen molar-refractivity contribution < 1.29 is 32.9 Å². The fourth-order valence-corrected chi connectivity index (χ4v) is 6.05. The molecule has 3 atom stereocenters. The first-order valence-corrected chi connectivity index (χ1v) is 19.8. The highest BCUT2D eigenvalue weighted by Gasteiger charge is 2.24. The van der Waals surface area contributed by atoms with Crippen LogP contribution < -0.4 is 10.2 Å². The van der Waals surface area contributed by atoms with Crippen molar-refractivity contribution >= 4 is 13.7 Å². The molecule has 0 rings (SSSR count). The molecule has 8 nitrogen and oxygen atoms in total. The predicted octanol–water partition coefficient (Wildman–Crippen LogP) is 8.44. The van der Waals surface area contributed by atoms with Gasteiger partial charge in [0, 0.05) is 6.42 Å². The van der Waals surface area contributed by atoms with Crippen LogP contribution in [-0.2, 0) is 18.4 Å². The highest BCUT2D eigenvalue weighted by atomic mass is 31.2. The molecule has 0 spiro atoms. The first-order valence-electron chi connectivity index (χ1n) is 18.4. The zero-order valence-electron chi connectivity index (χ0n) is 29.6.